The Bertz CT molecular complexity index is 928. The number of rotatable bonds is 4. The summed E-state index contributed by atoms with van der Waals surface area (Å²) in [5.41, 5.74) is 2.36. The van der Waals surface area contributed by atoms with Gasteiger partial charge in [-0.2, -0.15) is 4.31 Å². The third-order valence-corrected chi connectivity index (χ3v) is 6.80. The van der Waals surface area contributed by atoms with E-state index in [0.717, 1.165) is 24.1 Å². The highest BCUT2D eigenvalue weighted by Gasteiger charge is 2.33. The van der Waals surface area contributed by atoms with E-state index in [1.807, 2.05) is 30.3 Å². The number of nitrogens with zero attached hydrogens (tertiary/aromatic N) is 1. The fourth-order valence-corrected chi connectivity index (χ4v) is 5.06. The van der Waals surface area contributed by atoms with Crippen molar-refractivity contribution in [2.24, 2.45) is 0 Å². The van der Waals surface area contributed by atoms with Crippen LogP contribution in [0.2, 0.25) is 0 Å². The second kappa shape index (κ2) is 6.74. The molecule has 2 aliphatic heterocycles. The van der Waals surface area contributed by atoms with Crippen LogP contribution in [0, 0.1) is 0 Å². The van der Waals surface area contributed by atoms with Gasteiger partial charge in [0.25, 0.3) is 5.91 Å². The van der Waals surface area contributed by atoms with Gasteiger partial charge in [0, 0.05) is 36.9 Å². The monoisotopic (exact) mass is 371 g/mol. The summed E-state index contributed by atoms with van der Waals surface area (Å²) in [5, 5.41) is 6.14. The van der Waals surface area contributed by atoms with Gasteiger partial charge in [0.2, 0.25) is 10.0 Å². The lowest BCUT2D eigenvalue weighted by Crippen LogP contribution is -2.34. The van der Waals surface area contributed by atoms with Gasteiger partial charge < -0.3 is 10.6 Å². The Balaban J connectivity index is 1.52. The van der Waals surface area contributed by atoms with E-state index in [1.54, 1.807) is 12.1 Å². The van der Waals surface area contributed by atoms with Crippen molar-refractivity contribution in [3.05, 3.63) is 59.7 Å². The van der Waals surface area contributed by atoms with Gasteiger partial charge in [0.1, 0.15) is 0 Å². The molecule has 0 aromatic heterocycles. The number of hydrogen-bond acceptors (Lipinski definition) is 4. The highest BCUT2D eigenvalue weighted by molar-refractivity contribution is 7.89. The Hall–Kier alpha value is -2.38. The van der Waals surface area contributed by atoms with Crippen LogP contribution in [0.1, 0.15) is 22.3 Å². The summed E-state index contributed by atoms with van der Waals surface area (Å²) in [6.07, 6.45) is 1.48. The predicted molar refractivity (Wildman–Crippen MR) is 99.7 cm³/mol. The third-order valence-electron chi connectivity index (χ3n) is 4.94. The molecule has 1 fully saturated rings. The minimum absolute atomic E-state index is 0.0769. The molecule has 2 aromatic carbocycles. The van der Waals surface area contributed by atoms with Gasteiger partial charge in [-0.1, -0.05) is 24.3 Å². The lowest BCUT2D eigenvalue weighted by atomic mass is 10.0. The van der Waals surface area contributed by atoms with E-state index in [0.29, 0.717) is 25.2 Å². The first kappa shape index (κ1) is 17.1. The number of anilines is 1. The number of benzene rings is 2. The van der Waals surface area contributed by atoms with Crippen molar-refractivity contribution in [1.82, 2.24) is 9.62 Å². The highest BCUT2D eigenvalue weighted by Crippen LogP contribution is 2.25. The molecule has 4 rings (SSSR count). The number of amides is 1. The first-order valence-electron chi connectivity index (χ1n) is 8.77. The molecule has 1 saturated heterocycles. The van der Waals surface area contributed by atoms with Gasteiger partial charge in [-0.05, 0) is 42.7 Å². The fourth-order valence-electron chi connectivity index (χ4n) is 3.53. The first-order valence-corrected chi connectivity index (χ1v) is 10.2. The summed E-state index contributed by atoms with van der Waals surface area (Å²) < 4.78 is 27.5. The van der Waals surface area contributed by atoms with E-state index in [1.165, 1.54) is 10.4 Å². The van der Waals surface area contributed by atoms with Crippen molar-refractivity contribution in [2.45, 2.75) is 23.8 Å². The van der Waals surface area contributed by atoms with Crippen LogP contribution in [0.15, 0.2) is 53.4 Å². The molecule has 0 radical (unpaired) electrons. The van der Waals surface area contributed by atoms with Crippen LogP contribution in [-0.4, -0.2) is 44.3 Å². The zero-order chi connectivity index (χ0) is 18.1. The van der Waals surface area contributed by atoms with E-state index in [9.17, 15) is 13.2 Å². The maximum absolute atomic E-state index is 13.0. The quantitative estimate of drug-likeness (QED) is 0.860. The van der Waals surface area contributed by atoms with Crippen LogP contribution in [0.4, 0.5) is 5.69 Å². The van der Waals surface area contributed by atoms with E-state index in [-0.39, 0.29) is 16.8 Å². The van der Waals surface area contributed by atoms with E-state index in [4.69, 9.17) is 0 Å². The van der Waals surface area contributed by atoms with Crippen LogP contribution in [0.25, 0.3) is 0 Å². The number of hydrogen-bond donors (Lipinski definition) is 2. The molecule has 6 nitrogen and oxygen atoms in total. The molecule has 2 heterocycles. The van der Waals surface area contributed by atoms with E-state index < -0.39 is 10.0 Å². The molecule has 26 heavy (non-hydrogen) atoms. The van der Waals surface area contributed by atoms with Gasteiger partial charge in [0.15, 0.2) is 0 Å². The van der Waals surface area contributed by atoms with Crippen molar-refractivity contribution in [2.75, 3.05) is 25.0 Å². The van der Waals surface area contributed by atoms with Crippen molar-refractivity contribution in [3.8, 4) is 0 Å². The molecule has 0 aliphatic carbocycles. The zero-order valence-electron chi connectivity index (χ0n) is 14.3. The molecular weight excluding hydrogens is 350 g/mol. The summed E-state index contributed by atoms with van der Waals surface area (Å²) >= 11 is 0. The standard InChI is InChI=1S/C19H21N3O3S/c23-19-18-12-17(7-6-14(18)8-10-20-19)26(24,25)22-11-9-16(13-22)21-15-4-2-1-3-5-15/h1-7,12,16,21H,8-11,13H2,(H,20,23). The normalized spacial score (nSPS) is 20.5. The minimum Gasteiger partial charge on any atom is -0.381 e. The molecule has 136 valence electrons. The summed E-state index contributed by atoms with van der Waals surface area (Å²) in [6, 6.07) is 14.8. The summed E-state index contributed by atoms with van der Waals surface area (Å²) in [5.74, 6) is -0.201. The molecule has 2 N–H and O–H groups in total. The maximum Gasteiger partial charge on any atom is 0.251 e. The topological polar surface area (TPSA) is 78.5 Å². The smallest absolute Gasteiger partial charge is 0.251 e. The summed E-state index contributed by atoms with van der Waals surface area (Å²) in [7, 11) is -3.61. The average molecular weight is 371 g/mol. The van der Waals surface area contributed by atoms with E-state index in [2.05, 4.69) is 10.6 Å². The number of sulfonamides is 1. The van der Waals surface area contributed by atoms with Crippen molar-refractivity contribution < 1.29 is 13.2 Å². The van der Waals surface area contributed by atoms with Gasteiger partial charge >= 0.3 is 0 Å². The SMILES string of the molecule is O=C1NCCc2ccc(S(=O)(=O)N3CCC(Nc4ccccc4)C3)cc21. The lowest BCUT2D eigenvalue weighted by Gasteiger charge is -2.20. The van der Waals surface area contributed by atoms with Crippen molar-refractivity contribution in [1.29, 1.82) is 0 Å². The van der Waals surface area contributed by atoms with E-state index >= 15 is 0 Å². The molecular formula is C19H21N3O3S. The third kappa shape index (κ3) is 3.20. The maximum atomic E-state index is 13.0. The lowest BCUT2D eigenvalue weighted by molar-refractivity contribution is 0.0945. The Morgan fingerprint density at radius 3 is 2.73 bits per heavy atom. The molecule has 1 atom stereocenters. The minimum atomic E-state index is -3.61. The van der Waals surface area contributed by atoms with Gasteiger partial charge in [-0.15, -0.1) is 0 Å². The first-order chi connectivity index (χ1) is 12.5. The molecule has 0 saturated carbocycles. The molecule has 1 unspecified atom stereocenters. The van der Waals surface area contributed by atoms with Gasteiger partial charge in [0.05, 0.1) is 4.90 Å². The largest absolute Gasteiger partial charge is 0.381 e. The van der Waals surface area contributed by atoms with Crippen molar-refractivity contribution >= 4 is 21.6 Å². The number of carbonyl (C=O) groups is 1. The van der Waals surface area contributed by atoms with Crippen LogP contribution in [0.5, 0.6) is 0 Å². The van der Waals surface area contributed by atoms with Crippen LogP contribution >= 0.6 is 0 Å². The van der Waals surface area contributed by atoms with Crippen LogP contribution < -0.4 is 10.6 Å². The zero-order valence-corrected chi connectivity index (χ0v) is 15.1. The van der Waals surface area contributed by atoms with Crippen LogP contribution in [0.3, 0.4) is 0 Å². The molecule has 0 bridgehead atoms. The number of para-hydroxylation sites is 1. The Labute approximate surface area is 153 Å². The number of carbonyl (C=O) groups excluding carboxylic acids is 1. The molecule has 1 amide bonds. The van der Waals surface area contributed by atoms with Crippen LogP contribution in [-0.2, 0) is 16.4 Å². The molecule has 0 spiro atoms. The Morgan fingerprint density at radius 1 is 1.12 bits per heavy atom. The molecule has 2 aromatic rings. The Morgan fingerprint density at radius 2 is 1.92 bits per heavy atom. The van der Waals surface area contributed by atoms with Crippen molar-refractivity contribution in [3.63, 3.8) is 0 Å². The number of fused-ring (bicyclic) bond motifs is 1. The molecule has 7 heteroatoms. The summed E-state index contributed by atoms with van der Waals surface area (Å²) in [6.45, 7) is 1.48. The average Bonchev–Trinajstić information content (AvgIpc) is 3.12. The predicted octanol–water partition coefficient (Wildman–Crippen LogP) is 1.85. The Kier molecular flexibility index (Phi) is 4.42. The van der Waals surface area contributed by atoms with Gasteiger partial charge in [-0.25, -0.2) is 8.42 Å². The second-order valence-electron chi connectivity index (χ2n) is 6.68. The summed E-state index contributed by atoms with van der Waals surface area (Å²) in [4.78, 5) is 12.2. The number of nitrogens with one attached hydrogen (secondary N) is 2. The molecule has 2 aliphatic rings. The second-order valence-corrected chi connectivity index (χ2v) is 8.62. The highest BCUT2D eigenvalue weighted by atomic mass is 32.2. The van der Waals surface area contributed by atoms with Gasteiger partial charge in [-0.3, -0.25) is 4.79 Å². The fraction of sp³-hybridized carbons (Fsp3) is 0.316.